The molecular weight excluding hydrogens is 417 g/mol. The van der Waals surface area contributed by atoms with E-state index in [0.717, 1.165) is 11.2 Å². The summed E-state index contributed by atoms with van der Waals surface area (Å²) in [6.07, 6.45) is 0.435. The van der Waals surface area contributed by atoms with Gasteiger partial charge in [-0.25, -0.2) is 0 Å². The third-order valence-corrected chi connectivity index (χ3v) is 6.19. The highest BCUT2D eigenvalue weighted by atomic mass is 79.9. The molecule has 1 N–H and O–H groups in total. The minimum atomic E-state index is -1.11. The molecule has 1 aromatic carbocycles. The molecule has 0 saturated carbocycles. The molecule has 1 unspecified atom stereocenters. The molecule has 1 heterocycles. The lowest BCUT2D eigenvalue weighted by Crippen LogP contribution is -2.25. The molecule has 0 saturated heterocycles. The number of benzene rings is 1. The van der Waals surface area contributed by atoms with Gasteiger partial charge in [0.15, 0.2) is 8.67 Å². The van der Waals surface area contributed by atoms with Crippen LogP contribution in [-0.2, 0) is 6.42 Å². The zero-order valence-corrected chi connectivity index (χ0v) is 14.7. The van der Waals surface area contributed by atoms with E-state index in [1.807, 2.05) is 31.2 Å². The van der Waals surface area contributed by atoms with Crippen molar-refractivity contribution < 1.29 is 0 Å². The summed E-state index contributed by atoms with van der Waals surface area (Å²) in [5, 5.41) is 0.673. The predicted molar refractivity (Wildman–Crippen MR) is 89.1 cm³/mol. The molecule has 1 aromatic heterocycles. The van der Waals surface area contributed by atoms with E-state index in [0.29, 0.717) is 17.4 Å². The van der Waals surface area contributed by atoms with Crippen LogP contribution in [0.1, 0.15) is 11.3 Å². The van der Waals surface area contributed by atoms with Crippen molar-refractivity contribution in [2.24, 2.45) is 0 Å². The summed E-state index contributed by atoms with van der Waals surface area (Å²) in [5.41, 5.74) is 2.37. The van der Waals surface area contributed by atoms with Crippen LogP contribution in [0.2, 0.25) is 0 Å². The molecule has 1 atom stereocenters. The first-order chi connectivity index (χ1) is 8.80. The first kappa shape index (κ1) is 15.4. The average Bonchev–Trinajstić information content (AvgIpc) is 2.33. The highest BCUT2D eigenvalue weighted by molar-refractivity contribution is 9.13. The van der Waals surface area contributed by atoms with Gasteiger partial charge in [-0.1, -0.05) is 51.3 Å². The van der Waals surface area contributed by atoms with E-state index < -0.39 is 3.24 Å². The Labute approximate surface area is 137 Å². The van der Waals surface area contributed by atoms with E-state index in [1.54, 1.807) is 0 Å². The summed E-state index contributed by atoms with van der Waals surface area (Å²) in [4.78, 5) is 15.4. The molecular formula is C13H11Br2Cl2NO. The zero-order valence-electron chi connectivity index (χ0n) is 10.0. The van der Waals surface area contributed by atoms with Gasteiger partial charge in [-0.05, 0) is 41.4 Å². The summed E-state index contributed by atoms with van der Waals surface area (Å²) in [7, 11) is 0. The quantitative estimate of drug-likeness (QED) is 0.709. The number of aryl methyl sites for hydroxylation is 1. The Morgan fingerprint density at radius 2 is 2.00 bits per heavy atom. The molecule has 2 rings (SSSR count). The van der Waals surface area contributed by atoms with E-state index in [1.165, 1.54) is 0 Å². The molecule has 2 nitrogen and oxygen atoms in total. The molecule has 2 aromatic rings. The first-order valence-corrected chi connectivity index (χ1v) is 8.08. The van der Waals surface area contributed by atoms with Crippen molar-refractivity contribution in [2.45, 2.75) is 21.4 Å². The Bertz CT molecular complexity index is 664. The van der Waals surface area contributed by atoms with Gasteiger partial charge in [0, 0.05) is 22.2 Å². The number of pyridine rings is 1. The van der Waals surface area contributed by atoms with Crippen molar-refractivity contribution in [3.63, 3.8) is 0 Å². The van der Waals surface area contributed by atoms with Gasteiger partial charge in [-0.2, -0.15) is 0 Å². The van der Waals surface area contributed by atoms with Crippen LogP contribution in [-0.4, -0.2) is 13.1 Å². The van der Waals surface area contributed by atoms with Gasteiger partial charge in [0.25, 0.3) is 0 Å². The minimum absolute atomic E-state index is 0.0152. The van der Waals surface area contributed by atoms with Crippen LogP contribution in [0.3, 0.4) is 0 Å². The summed E-state index contributed by atoms with van der Waals surface area (Å²) < 4.78 is -1.11. The number of alkyl halides is 4. The lowest BCUT2D eigenvalue weighted by atomic mass is 10.0. The number of hydrogen-bond donors (Lipinski definition) is 1. The normalized spacial score (nSPS) is 13.7. The van der Waals surface area contributed by atoms with Crippen molar-refractivity contribution in [3.05, 3.63) is 45.7 Å². The maximum Gasteiger partial charge on any atom is 0.192 e. The van der Waals surface area contributed by atoms with Crippen LogP contribution in [0.15, 0.2) is 29.1 Å². The Hall–Kier alpha value is -0.0300. The number of rotatable bonds is 3. The molecule has 0 aliphatic heterocycles. The Morgan fingerprint density at radius 3 is 2.63 bits per heavy atom. The smallest absolute Gasteiger partial charge is 0.192 e. The molecule has 6 heteroatoms. The van der Waals surface area contributed by atoms with Crippen LogP contribution in [0.4, 0.5) is 0 Å². The molecule has 102 valence electrons. The molecule has 0 aliphatic carbocycles. The van der Waals surface area contributed by atoms with Gasteiger partial charge < -0.3 is 4.98 Å². The third-order valence-electron chi connectivity index (χ3n) is 2.96. The summed E-state index contributed by atoms with van der Waals surface area (Å²) in [6, 6.07) is 7.44. The molecule has 0 bridgehead atoms. The van der Waals surface area contributed by atoms with Gasteiger partial charge >= 0.3 is 0 Å². The number of halogens is 4. The fourth-order valence-corrected chi connectivity index (χ4v) is 2.58. The highest BCUT2D eigenvalue weighted by Gasteiger charge is 2.31. The first-order valence-electron chi connectivity index (χ1n) is 5.62. The second-order valence-electron chi connectivity index (χ2n) is 4.32. The molecule has 19 heavy (non-hydrogen) atoms. The Balaban J connectivity index is 2.53. The topological polar surface area (TPSA) is 32.9 Å². The van der Waals surface area contributed by atoms with Crippen molar-refractivity contribution >= 4 is 66.0 Å². The van der Waals surface area contributed by atoms with E-state index in [2.05, 4.69) is 36.8 Å². The molecule has 0 radical (unpaired) electrons. The van der Waals surface area contributed by atoms with Crippen LogP contribution in [0.5, 0.6) is 0 Å². The Morgan fingerprint density at radius 1 is 1.37 bits per heavy atom. The van der Waals surface area contributed by atoms with Crippen LogP contribution >= 0.6 is 55.1 Å². The second kappa shape index (κ2) is 5.76. The molecule has 0 spiro atoms. The van der Waals surface area contributed by atoms with Gasteiger partial charge in [0.1, 0.15) is 0 Å². The maximum atomic E-state index is 12.5. The summed E-state index contributed by atoms with van der Waals surface area (Å²) >= 11 is 18.5. The number of fused-ring (bicyclic) bond motifs is 1. The second-order valence-corrected chi connectivity index (χ2v) is 8.97. The van der Waals surface area contributed by atoms with Crippen molar-refractivity contribution in [2.75, 3.05) is 0 Å². The monoisotopic (exact) mass is 425 g/mol. The number of hydrogen-bond acceptors (Lipinski definition) is 1. The van der Waals surface area contributed by atoms with Gasteiger partial charge in [0.05, 0.1) is 4.83 Å². The minimum Gasteiger partial charge on any atom is -0.358 e. The van der Waals surface area contributed by atoms with Crippen molar-refractivity contribution in [1.29, 1.82) is 0 Å². The standard InChI is InChI=1S/C13H11Br2Cl2NO/c1-7-9(6-11(14)13(15,16)17)12(19)8-4-2-3-5-10(8)18-7/h2-5,11H,6H2,1H3,(H,18,19). The highest BCUT2D eigenvalue weighted by Crippen LogP contribution is 2.38. The molecule has 0 aliphatic rings. The van der Waals surface area contributed by atoms with E-state index >= 15 is 0 Å². The van der Waals surface area contributed by atoms with Crippen LogP contribution in [0, 0.1) is 6.92 Å². The number of para-hydroxylation sites is 1. The van der Waals surface area contributed by atoms with E-state index in [-0.39, 0.29) is 10.3 Å². The van der Waals surface area contributed by atoms with E-state index in [4.69, 9.17) is 23.2 Å². The largest absolute Gasteiger partial charge is 0.358 e. The predicted octanol–water partition coefficient (Wildman–Crippen LogP) is 4.67. The zero-order chi connectivity index (χ0) is 14.2. The van der Waals surface area contributed by atoms with Crippen LogP contribution in [0.25, 0.3) is 10.9 Å². The summed E-state index contributed by atoms with van der Waals surface area (Å²) in [6.45, 7) is 1.88. The number of nitrogens with one attached hydrogen (secondary N) is 1. The lowest BCUT2D eigenvalue weighted by molar-refractivity contribution is 0.884. The third kappa shape index (κ3) is 3.35. The van der Waals surface area contributed by atoms with Gasteiger partial charge in [-0.3, -0.25) is 4.79 Å². The van der Waals surface area contributed by atoms with E-state index in [9.17, 15) is 4.79 Å². The summed E-state index contributed by atoms with van der Waals surface area (Å²) in [5.74, 6) is 0. The number of aromatic nitrogens is 1. The average molecular weight is 428 g/mol. The number of H-pyrrole nitrogens is 1. The van der Waals surface area contributed by atoms with Crippen molar-refractivity contribution in [1.82, 2.24) is 4.98 Å². The molecule has 0 fully saturated rings. The lowest BCUT2D eigenvalue weighted by Gasteiger charge is -2.19. The SMILES string of the molecule is Cc1[nH]c2ccccc2c(=O)c1CC(Br)C(Cl)(Cl)Br. The fraction of sp³-hybridized carbons (Fsp3) is 0.308. The fourth-order valence-electron chi connectivity index (χ4n) is 1.94. The molecule has 0 amide bonds. The Kier molecular flexibility index (Phi) is 4.66. The van der Waals surface area contributed by atoms with Gasteiger partial charge in [-0.15, -0.1) is 0 Å². The maximum absolute atomic E-state index is 12.5. The van der Waals surface area contributed by atoms with Gasteiger partial charge in [0.2, 0.25) is 0 Å². The number of aromatic amines is 1. The van der Waals surface area contributed by atoms with Crippen LogP contribution < -0.4 is 5.43 Å². The van der Waals surface area contributed by atoms with Crippen molar-refractivity contribution in [3.8, 4) is 0 Å².